The Kier molecular flexibility index (Phi) is 4.60. The van der Waals surface area contributed by atoms with Crippen LogP contribution in [0.2, 0.25) is 0 Å². The lowest BCUT2D eigenvalue weighted by Crippen LogP contribution is -2.63. The summed E-state index contributed by atoms with van der Waals surface area (Å²) in [4.78, 5) is 2.66. The molecule has 0 aromatic rings. The van der Waals surface area contributed by atoms with Crippen LogP contribution in [-0.4, -0.2) is 36.1 Å². The van der Waals surface area contributed by atoms with Gasteiger partial charge in [0.2, 0.25) is 0 Å². The first-order chi connectivity index (χ1) is 7.06. The molecule has 0 radical (unpaired) electrons. The molecule has 1 aliphatic rings. The van der Waals surface area contributed by atoms with E-state index in [-0.39, 0.29) is 0 Å². The highest BCUT2D eigenvalue weighted by Gasteiger charge is 2.35. The molecule has 0 bridgehead atoms. The van der Waals surface area contributed by atoms with E-state index in [9.17, 15) is 0 Å². The molecule has 1 heterocycles. The predicted molar refractivity (Wildman–Crippen MR) is 67.2 cm³/mol. The third-order valence-corrected chi connectivity index (χ3v) is 4.25. The summed E-state index contributed by atoms with van der Waals surface area (Å²) in [5, 5.41) is 3.73. The van der Waals surface area contributed by atoms with Gasteiger partial charge in [0, 0.05) is 24.7 Å². The van der Waals surface area contributed by atoms with Gasteiger partial charge in [-0.05, 0) is 25.8 Å². The average Bonchev–Trinajstić information content (AvgIpc) is 2.28. The molecule has 3 atom stereocenters. The summed E-state index contributed by atoms with van der Waals surface area (Å²) in [6, 6.07) is 0.736. The lowest BCUT2D eigenvalue weighted by molar-refractivity contribution is 0.0597. The first-order valence-corrected chi connectivity index (χ1v) is 6.55. The van der Waals surface area contributed by atoms with Crippen molar-refractivity contribution in [3.8, 4) is 0 Å². The average molecular weight is 212 g/mol. The Balaban J connectivity index is 2.64. The second-order valence-electron chi connectivity index (χ2n) is 5.31. The largest absolute Gasteiger partial charge is 0.309 e. The third kappa shape index (κ3) is 2.94. The molecule has 0 aromatic carbocycles. The molecule has 1 N–H and O–H groups in total. The van der Waals surface area contributed by atoms with Crippen LogP contribution in [0.3, 0.4) is 0 Å². The molecule has 1 rings (SSSR count). The molecule has 0 aromatic heterocycles. The summed E-state index contributed by atoms with van der Waals surface area (Å²) in [5.41, 5.74) is 0.333. The van der Waals surface area contributed by atoms with Crippen LogP contribution in [0.25, 0.3) is 0 Å². The number of nitrogens with one attached hydrogen (secondary N) is 1. The van der Waals surface area contributed by atoms with E-state index in [1.807, 2.05) is 0 Å². The summed E-state index contributed by atoms with van der Waals surface area (Å²) >= 11 is 0. The molecular formula is C13H28N2. The molecule has 0 aliphatic carbocycles. The van der Waals surface area contributed by atoms with E-state index in [1.54, 1.807) is 0 Å². The third-order valence-electron chi connectivity index (χ3n) is 4.25. The Morgan fingerprint density at radius 1 is 1.40 bits per heavy atom. The highest BCUT2D eigenvalue weighted by Crippen LogP contribution is 2.23. The predicted octanol–water partition coefficient (Wildman–Crippen LogP) is 2.49. The van der Waals surface area contributed by atoms with Gasteiger partial charge in [0.1, 0.15) is 0 Å². The first kappa shape index (κ1) is 13.0. The Hall–Kier alpha value is -0.0800. The minimum Gasteiger partial charge on any atom is -0.309 e. The molecule has 1 aliphatic heterocycles. The van der Waals surface area contributed by atoms with Crippen LogP contribution in [0.1, 0.15) is 47.5 Å². The van der Waals surface area contributed by atoms with E-state index in [2.05, 4.69) is 44.8 Å². The van der Waals surface area contributed by atoms with Crippen LogP contribution in [0.15, 0.2) is 0 Å². The van der Waals surface area contributed by atoms with Gasteiger partial charge in [0.05, 0.1) is 0 Å². The fraction of sp³-hybridized carbons (Fsp3) is 1.00. The van der Waals surface area contributed by atoms with E-state index in [0.717, 1.165) is 18.5 Å². The van der Waals surface area contributed by atoms with Crippen LogP contribution in [0.4, 0.5) is 0 Å². The van der Waals surface area contributed by atoms with E-state index in [0.29, 0.717) is 5.54 Å². The Morgan fingerprint density at radius 3 is 2.53 bits per heavy atom. The molecule has 0 spiro atoms. The molecule has 90 valence electrons. The number of hydrogen-bond acceptors (Lipinski definition) is 2. The Bertz CT molecular complexity index is 193. The maximum atomic E-state index is 3.73. The number of rotatable bonds is 4. The van der Waals surface area contributed by atoms with Crippen LogP contribution < -0.4 is 5.32 Å². The Morgan fingerprint density at radius 2 is 2.07 bits per heavy atom. The van der Waals surface area contributed by atoms with Gasteiger partial charge < -0.3 is 5.32 Å². The smallest absolute Gasteiger partial charge is 0.0278 e. The van der Waals surface area contributed by atoms with Crippen LogP contribution in [0.5, 0.6) is 0 Å². The van der Waals surface area contributed by atoms with E-state index < -0.39 is 0 Å². The van der Waals surface area contributed by atoms with Crippen molar-refractivity contribution in [2.45, 2.75) is 59.0 Å². The first-order valence-electron chi connectivity index (χ1n) is 6.55. The summed E-state index contributed by atoms with van der Waals surface area (Å²) in [5.74, 6) is 0.804. The lowest BCUT2D eigenvalue weighted by atomic mass is 9.88. The topological polar surface area (TPSA) is 15.3 Å². The van der Waals surface area contributed by atoms with Gasteiger partial charge in [-0.15, -0.1) is 0 Å². The zero-order valence-electron chi connectivity index (χ0n) is 11.1. The molecule has 3 unspecified atom stereocenters. The molecule has 0 saturated carbocycles. The van der Waals surface area contributed by atoms with Crippen molar-refractivity contribution < 1.29 is 0 Å². The van der Waals surface area contributed by atoms with E-state index in [1.165, 1.54) is 25.9 Å². The summed E-state index contributed by atoms with van der Waals surface area (Å²) < 4.78 is 0. The molecule has 15 heavy (non-hydrogen) atoms. The second-order valence-corrected chi connectivity index (χ2v) is 5.31. The SMILES string of the molecule is CCC(C)C1CNC(C)(CC)CN1CC. The van der Waals surface area contributed by atoms with Crippen molar-refractivity contribution in [3.63, 3.8) is 0 Å². The van der Waals surface area contributed by atoms with Gasteiger partial charge in [0.15, 0.2) is 0 Å². The fourth-order valence-electron chi connectivity index (χ4n) is 2.52. The zero-order chi connectivity index (χ0) is 11.5. The van der Waals surface area contributed by atoms with Crippen molar-refractivity contribution in [2.75, 3.05) is 19.6 Å². The minimum absolute atomic E-state index is 0.333. The molecule has 2 nitrogen and oxygen atoms in total. The summed E-state index contributed by atoms with van der Waals surface area (Å²) in [7, 11) is 0. The summed E-state index contributed by atoms with van der Waals surface area (Å²) in [6.45, 7) is 15.1. The van der Waals surface area contributed by atoms with E-state index >= 15 is 0 Å². The van der Waals surface area contributed by atoms with Gasteiger partial charge in [-0.2, -0.15) is 0 Å². The monoisotopic (exact) mass is 212 g/mol. The molecule has 0 amide bonds. The van der Waals surface area contributed by atoms with Gasteiger partial charge in [-0.1, -0.05) is 34.1 Å². The summed E-state index contributed by atoms with van der Waals surface area (Å²) in [6.07, 6.45) is 2.50. The molecule has 1 fully saturated rings. The highest BCUT2D eigenvalue weighted by atomic mass is 15.2. The number of hydrogen-bond donors (Lipinski definition) is 1. The van der Waals surface area contributed by atoms with Gasteiger partial charge in [-0.25, -0.2) is 0 Å². The second kappa shape index (κ2) is 5.31. The maximum absolute atomic E-state index is 3.73. The lowest BCUT2D eigenvalue weighted by Gasteiger charge is -2.47. The van der Waals surface area contributed by atoms with Crippen molar-refractivity contribution in [2.24, 2.45) is 5.92 Å². The maximum Gasteiger partial charge on any atom is 0.0278 e. The fourth-order valence-corrected chi connectivity index (χ4v) is 2.52. The highest BCUT2D eigenvalue weighted by molar-refractivity contribution is 4.95. The van der Waals surface area contributed by atoms with Crippen molar-refractivity contribution in [1.82, 2.24) is 10.2 Å². The minimum atomic E-state index is 0.333. The molecular weight excluding hydrogens is 184 g/mol. The number of likely N-dealkylation sites (N-methyl/N-ethyl adjacent to an activating group) is 1. The quantitative estimate of drug-likeness (QED) is 0.770. The number of piperazine rings is 1. The van der Waals surface area contributed by atoms with Gasteiger partial charge >= 0.3 is 0 Å². The Labute approximate surface area is 95.4 Å². The van der Waals surface area contributed by atoms with Crippen LogP contribution in [0, 0.1) is 5.92 Å². The van der Waals surface area contributed by atoms with E-state index in [4.69, 9.17) is 0 Å². The van der Waals surface area contributed by atoms with Crippen molar-refractivity contribution >= 4 is 0 Å². The number of nitrogens with zero attached hydrogens (tertiary/aromatic N) is 1. The molecule has 2 heteroatoms. The molecule has 1 saturated heterocycles. The van der Waals surface area contributed by atoms with Gasteiger partial charge in [0.25, 0.3) is 0 Å². The zero-order valence-corrected chi connectivity index (χ0v) is 11.1. The van der Waals surface area contributed by atoms with Gasteiger partial charge in [-0.3, -0.25) is 4.90 Å². The van der Waals surface area contributed by atoms with Crippen LogP contribution in [-0.2, 0) is 0 Å². The van der Waals surface area contributed by atoms with Crippen molar-refractivity contribution in [3.05, 3.63) is 0 Å². The normalized spacial score (nSPS) is 35.4. The standard InChI is InChI=1S/C13H28N2/c1-6-11(4)12-9-14-13(5,7-2)10-15(12)8-3/h11-12,14H,6-10H2,1-5H3. The van der Waals surface area contributed by atoms with Crippen molar-refractivity contribution in [1.29, 1.82) is 0 Å². The van der Waals surface area contributed by atoms with Crippen LogP contribution >= 0.6 is 0 Å².